The summed E-state index contributed by atoms with van der Waals surface area (Å²) < 4.78 is 11.2. The number of rotatable bonds is 4. The molecule has 2 saturated heterocycles. The Morgan fingerprint density at radius 3 is 2.81 bits per heavy atom. The maximum absolute atomic E-state index is 12.4. The zero-order valence-electron chi connectivity index (χ0n) is 15.2. The molecule has 3 N–H and O–H groups in total. The number of nitrogens with one attached hydrogen (secondary N) is 1. The lowest BCUT2D eigenvalue weighted by Crippen LogP contribution is -2.59. The summed E-state index contributed by atoms with van der Waals surface area (Å²) in [6.45, 7) is 3.84. The number of carboxylic acid groups (broad SMARTS) is 1. The molecule has 3 heterocycles. The molecule has 144 valence electrons. The molecular formula is C18H23BN2O6. The van der Waals surface area contributed by atoms with Gasteiger partial charge in [0, 0.05) is 0 Å². The van der Waals surface area contributed by atoms with Crippen LogP contribution in [0.2, 0.25) is 6.32 Å². The average Bonchev–Trinajstić information content (AvgIpc) is 3.02. The molecule has 0 aliphatic carbocycles. The number of fused-ring (bicyclic) bond motifs is 1. The van der Waals surface area contributed by atoms with E-state index < -0.39 is 13.1 Å². The molecule has 1 aromatic carbocycles. The number of hydrogen-bond donors (Lipinski definition) is 3. The first-order valence-electron chi connectivity index (χ1n) is 9.35. The Bertz CT molecular complexity index is 766. The summed E-state index contributed by atoms with van der Waals surface area (Å²) in [5, 5.41) is 22.5. The van der Waals surface area contributed by atoms with Gasteiger partial charge in [-0.1, -0.05) is 13.0 Å². The summed E-state index contributed by atoms with van der Waals surface area (Å²) in [7, 11) is -1.01. The van der Waals surface area contributed by atoms with E-state index in [1.165, 1.54) is 0 Å². The average molecular weight is 374 g/mol. The standard InChI is InChI=1S/C18H23BN2O6/c1-10-6-13(20-7-10)17(22)21-8-12(9-21)26-14-3-2-11-4-5-19(25)27-16(11)15(14)18(23)24/h2-3,10,12-13,20,25H,4-9H2,1H3,(H,23,24)/t10-,13+/m1/s1. The molecule has 1 aromatic rings. The zero-order valence-corrected chi connectivity index (χ0v) is 15.2. The monoisotopic (exact) mass is 374 g/mol. The van der Waals surface area contributed by atoms with Gasteiger partial charge in [0.25, 0.3) is 0 Å². The van der Waals surface area contributed by atoms with E-state index in [9.17, 15) is 19.7 Å². The number of carbonyl (C=O) groups excluding carboxylic acids is 1. The van der Waals surface area contributed by atoms with Crippen LogP contribution in [-0.2, 0) is 11.2 Å². The lowest BCUT2D eigenvalue weighted by molar-refractivity contribution is -0.142. The first-order chi connectivity index (χ1) is 12.9. The summed E-state index contributed by atoms with van der Waals surface area (Å²) in [6.07, 6.45) is 1.57. The highest BCUT2D eigenvalue weighted by molar-refractivity contribution is 6.44. The highest BCUT2D eigenvalue weighted by atomic mass is 16.5. The Morgan fingerprint density at radius 2 is 2.15 bits per heavy atom. The third kappa shape index (κ3) is 3.49. The molecule has 2 fully saturated rings. The summed E-state index contributed by atoms with van der Waals surface area (Å²) in [4.78, 5) is 25.9. The van der Waals surface area contributed by atoms with Crippen LogP contribution in [0.15, 0.2) is 12.1 Å². The van der Waals surface area contributed by atoms with Crippen LogP contribution < -0.4 is 14.7 Å². The van der Waals surface area contributed by atoms with Gasteiger partial charge in [-0.15, -0.1) is 0 Å². The normalized spacial score (nSPS) is 24.8. The van der Waals surface area contributed by atoms with Gasteiger partial charge in [-0.05, 0) is 43.3 Å². The molecule has 0 aromatic heterocycles. The topological polar surface area (TPSA) is 108 Å². The number of carbonyl (C=O) groups is 2. The van der Waals surface area contributed by atoms with E-state index in [1.807, 2.05) is 0 Å². The van der Waals surface area contributed by atoms with Gasteiger partial charge in [0.2, 0.25) is 5.91 Å². The number of carboxylic acids is 1. The number of amides is 1. The predicted octanol–water partition coefficient (Wildman–Crippen LogP) is 0.388. The van der Waals surface area contributed by atoms with Gasteiger partial charge in [0.1, 0.15) is 23.2 Å². The van der Waals surface area contributed by atoms with Crippen molar-refractivity contribution in [1.82, 2.24) is 10.2 Å². The fraction of sp³-hybridized carbons (Fsp3) is 0.556. The molecule has 3 aliphatic heterocycles. The van der Waals surface area contributed by atoms with E-state index in [2.05, 4.69) is 12.2 Å². The highest BCUT2D eigenvalue weighted by Gasteiger charge is 2.39. The van der Waals surface area contributed by atoms with Crippen molar-refractivity contribution >= 4 is 19.0 Å². The SMILES string of the molecule is C[C@H]1CN[C@H](C(=O)N2CC(Oc3ccc4c(c3C(=O)O)OB(O)CC4)C2)C1. The summed E-state index contributed by atoms with van der Waals surface area (Å²) >= 11 is 0. The van der Waals surface area contributed by atoms with Gasteiger partial charge in [-0.25, -0.2) is 4.79 Å². The lowest BCUT2D eigenvalue weighted by atomic mass is 9.78. The fourth-order valence-corrected chi connectivity index (χ4v) is 3.91. The maximum atomic E-state index is 12.4. The molecule has 4 rings (SSSR count). The van der Waals surface area contributed by atoms with Crippen molar-refractivity contribution in [2.24, 2.45) is 5.92 Å². The minimum atomic E-state index is -1.16. The molecule has 8 nitrogen and oxygen atoms in total. The van der Waals surface area contributed by atoms with Crippen molar-refractivity contribution in [1.29, 1.82) is 0 Å². The Labute approximate surface area is 157 Å². The van der Waals surface area contributed by atoms with Crippen LogP contribution in [0.4, 0.5) is 0 Å². The van der Waals surface area contributed by atoms with Crippen LogP contribution in [0, 0.1) is 5.92 Å². The van der Waals surface area contributed by atoms with Gasteiger partial charge in [0.05, 0.1) is 19.1 Å². The smallest absolute Gasteiger partial charge is 0.522 e. The van der Waals surface area contributed by atoms with Crippen LogP contribution in [0.25, 0.3) is 0 Å². The number of aryl methyl sites for hydroxylation is 1. The molecule has 0 spiro atoms. The molecule has 0 unspecified atom stereocenters. The van der Waals surface area contributed by atoms with Gasteiger partial charge < -0.3 is 29.7 Å². The second-order valence-electron chi connectivity index (χ2n) is 7.63. The number of hydrogen-bond acceptors (Lipinski definition) is 6. The third-order valence-electron chi connectivity index (χ3n) is 5.43. The lowest BCUT2D eigenvalue weighted by Gasteiger charge is -2.40. The number of ether oxygens (including phenoxy) is 1. The van der Waals surface area contributed by atoms with E-state index in [-0.39, 0.29) is 35.1 Å². The summed E-state index contributed by atoms with van der Waals surface area (Å²) in [5.74, 6) is -0.201. The first kappa shape index (κ1) is 18.1. The van der Waals surface area contributed by atoms with Crippen molar-refractivity contribution in [2.75, 3.05) is 19.6 Å². The van der Waals surface area contributed by atoms with E-state index in [4.69, 9.17) is 9.39 Å². The van der Waals surface area contributed by atoms with E-state index in [1.54, 1.807) is 17.0 Å². The van der Waals surface area contributed by atoms with Gasteiger partial charge >= 0.3 is 13.1 Å². The molecule has 2 atom stereocenters. The molecule has 9 heteroatoms. The van der Waals surface area contributed by atoms with Gasteiger partial charge in [-0.3, -0.25) is 4.79 Å². The molecular weight excluding hydrogens is 351 g/mol. The van der Waals surface area contributed by atoms with Crippen molar-refractivity contribution < 1.29 is 29.1 Å². The van der Waals surface area contributed by atoms with Crippen LogP contribution in [0.5, 0.6) is 11.5 Å². The second-order valence-corrected chi connectivity index (χ2v) is 7.63. The molecule has 1 amide bonds. The van der Waals surface area contributed by atoms with Crippen molar-refractivity contribution in [2.45, 2.75) is 38.2 Å². The van der Waals surface area contributed by atoms with Gasteiger partial charge in [0.15, 0.2) is 0 Å². The highest BCUT2D eigenvalue weighted by Crippen LogP contribution is 2.37. The fourth-order valence-electron chi connectivity index (χ4n) is 3.91. The summed E-state index contributed by atoms with van der Waals surface area (Å²) in [5.41, 5.74) is 0.680. The first-order valence-corrected chi connectivity index (χ1v) is 9.35. The van der Waals surface area contributed by atoms with Crippen LogP contribution in [0.3, 0.4) is 0 Å². The number of benzene rings is 1. The van der Waals surface area contributed by atoms with E-state index in [0.717, 1.165) is 18.5 Å². The van der Waals surface area contributed by atoms with E-state index in [0.29, 0.717) is 31.7 Å². The van der Waals surface area contributed by atoms with Crippen molar-refractivity contribution in [3.8, 4) is 11.5 Å². The van der Waals surface area contributed by atoms with Crippen LogP contribution >= 0.6 is 0 Å². The Balaban J connectivity index is 1.43. The molecule has 0 bridgehead atoms. The second kappa shape index (κ2) is 7.05. The van der Waals surface area contributed by atoms with Crippen molar-refractivity contribution in [3.05, 3.63) is 23.3 Å². The molecule has 3 aliphatic rings. The minimum absolute atomic E-state index is 0.0673. The van der Waals surface area contributed by atoms with Crippen molar-refractivity contribution in [3.63, 3.8) is 0 Å². The largest absolute Gasteiger partial charge is 0.535 e. The quantitative estimate of drug-likeness (QED) is 0.655. The number of nitrogens with zero attached hydrogens (tertiary/aromatic N) is 1. The predicted molar refractivity (Wildman–Crippen MR) is 97.1 cm³/mol. The molecule has 0 saturated carbocycles. The minimum Gasteiger partial charge on any atom is -0.535 e. The van der Waals surface area contributed by atoms with Gasteiger partial charge in [-0.2, -0.15) is 0 Å². The summed E-state index contributed by atoms with van der Waals surface area (Å²) in [6, 6.07) is 3.27. The van der Waals surface area contributed by atoms with E-state index >= 15 is 0 Å². The zero-order chi connectivity index (χ0) is 19.1. The Kier molecular flexibility index (Phi) is 4.73. The Hall–Kier alpha value is -2.26. The molecule has 27 heavy (non-hydrogen) atoms. The van der Waals surface area contributed by atoms with Crippen LogP contribution in [0.1, 0.15) is 29.3 Å². The third-order valence-corrected chi connectivity index (χ3v) is 5.43. The molecule has 0 radical (unpaired) electrons. The van der Waals surface area contributed by atoms with Crippen LogP contribution in [-0.4, -0.2) is 65.8 Å². The number of aromatic carboxylic acids is 1. The maximum Gasteiger partial charge on any atom is 0.522 e. The number of likely N-dealkylation sites (tertiary alicyclic amines) is 1. The Morgan fingerprint density at radius 1 is 1.37 bits per heavy atom.